The van der Waals surface area contributed by atoms with E-state index in [4.69, 9.17) is 18.8 Å². The summed E-state index contributed by atoms with van der Waals surface area (Å²) in [5, 5.41) is 22.2. The first kappa shape index (κ1) is 40.3. The van der Waals surface area contributed by atoms with Gasteiger partial charge in [0.05, 0.1) is 11.1 Å². The second-order valence-electron chi connectivity index (χ2n) is 17.1. The van der Waals surface area contributed by atoms with Crippen LogP contribution in [0.3, 0.4) is 0 Å². The van der Waals surface area contributed by atoms with Gasteiger partial charge in [0.1, 0.15) is 22.5 Å². The predicted octanol–water partition coefficient (Wildman–Crippen LogP) is 15.8. The van der Waals surface area contributed by atoms with Crippen LogP contribution in [0.15, 0.2) is 130 Å². The summed E-state index contributed by atoms with van der Waals surface area (Å²) in [5.41, 5.74) is 13.6. The molecule has 0 amide bonds. The Balaban J connectivity index is 1.14. The van der Waals surface area contributed by atoms with Crippen molar-refractivity contribution >= 4 is 22.2 Å². The van der Waals surface area contributed by atoms with Crippen LogP contribution < -0.4 is 0 Å². The van der Waals surface area contributed by atoms with Crippen molar-refractivity contribution in [2.24, 2.45) is 0 Å². The molecule has 8 aromatic rings. The molecule has 0 radical (unpaired) electrons. The van der Waals surface area contributed by atoms with E-state index in [2.05, 4.69) is 50.2 Å². The minimum Gasteiger partial charge on any atom is -0.507 e. The van der Waals surface area contributed by atoms with Crippen molar-refractivity contribution in [2.45, 2.75) is 109 Å². The van der Waals surface area contributed by atoms with E-state index in [0.29, 0.717) is 34.1 Å². The Morgan fingerprint density at radius 3 is 1.26 bits per heavy atom. The van der Waals surface area contributed by atoms with Crippen molar-refractivity contribution in [2.75, 3.05) is 0 Å². The van der Waals surface area contributed by atoms with Gasteiger partial charge >= 0.3 is 0 Å². The number of oxazole rings is 2. The molecular formula is C55H56N2O4. The van der Waals surface area contributed by atoms with Crippen LogP contribution in [0.25, 0.3) is 78.5 Å². The van der Waals surface area contributed by atoms with E-state index in [0.717, 1.165) is 59.0 Å². The summed E-state index contributed by atoms with van der Waals surface area (Å²) in [4.78, 5) is 9.46. The van der Waals surface area contributed by atoms with Crippen LogP contribution in [0, 0.1) is 0 Å². The molecule has 0 aliphatic heterocycles. The molecule has 0 unspecified atom stereocenters. The number of phenolic OH excluding ortho intramolecular Hbond substituents is 2. The monoisotopic (exact) mass is 808 g/mol. The molecule has 2 N–H and O–H groups in total. The van der Waals surface area contributed by atoms with Gasteiger partial charge in [0, 0.05) is 5.41 Å². The first-order chi connectivity index (χ1) is 30.0. The van der Waals surface area contributed by atoms with Crippen LogP contribution >= 0.6 is 0 Å². The zero-order valence-electron chi connectivity index (χ0n) is 35.6. The van der Waals surface area contributed by atoms with Gasteiger partial charge in [-0.15, -0.1) is 0 Å². The highest BCUT2D eigenvalue weighted by molar-refractivity contribution is 5.88. The second-order valence-corrected chi connectivity index (χ2v) is 17.1. The summed E-state index contributed by atoms with van der Waals surface area (Å²) in [5.74, 6) is 1.11. The topological polar surface area (TPSA) is 92.5 Å². The number of hydrogen-bond donors (Lipinski definition) is 2. The van der Waals surface area contributed by atoms with Crippen molar-refractivity contribution in [3.8, 4) is 67.8 Å². The van der Waals surface area contributed by atoms with Crippen LogP contribution in [0.1, 0.15) is 115 Å². The number of aromatic hydroxyl groups is 2. The van der Waals surface area contributed by atoms with E-state index in [1.54, 1.807) is 12.1 Å². The van der Waals surface area contributed by atoms with E-state index in [-0.39, 0.29) is 16.9 Å². The molecule has 0 bridgehead atoms. The first-order valence-corrected chi connectivity index (χ1v) is 22.6. The van der Waals surface area contributed by atoms with Gasteiger partial charge in [0.2, 0.25) is 11.8 Å². The number of unbranched alkanes of at least 4 members (excludes halogenated alkanes) is 10. The Morgan fingerprint density at radius 2 is 0.820 bits per heavy atom. The first-order valence-electron chi connectivity index (χ1n) is 22.6. The lowest BCUT2D eigenvalue weighted by atomic mass is 9.70. The summed E-state index contributed by atoms with van der Waals surface area (Å²) in [6.45, 7) is 4.57. The minimum atomic E-state index is -0.174. The molecule has 9 rings (SSSR count). The molecule has 0 saturated carbocycles. The number of benzene rings is 6. The van der Waals surface area contributed by atoms with Crippen LogP contribution in [0.5, 0.6) is 11.5 Å². The zero-order valence-corrected chi connectivity index (χ0v) is 35.6. The average Bonchev–Trinajstić information content (AvgIpc) is 3.99. The van der Waals surface area contributed by atoms with E-state index in [1.165, 1.54) is 86.5 Å². The maximum atomic E-state index is 11.1. The van der Waals surface area contributed by atoms with E-state index < -0.39 is 0 Å². The van der Waals surface area contributed by atoms with Crippen LogP contribution in [-0.2, 0) is 5.41 Å². The van der Waals surface area contributed by atoms with Gasteiger partial charge in [0.25, 0.3) is 0 Å². The van der Waals surface area contributed by atoms with Crippen LogP contribution in [-0.4, -0.2) is 20.2 Å². The van der Waals surface area contributed by atoms with Crippen molar-refractivity contribution in [1.29, 1.82) is 0 Å². The fourth-order valence-electron chi connectivity index (χ4n) is 9.68. The van der Waals surface area contributed by atoms with Crippen LogP contribution in [0.4, 0.5) is 0 Å². The van der Waals surface area contributed by atoms with Crippen LogP contribution in [0.2, 0.25) is 0 Å². The Labute approximate surface area is 359 Å². The third-order valence-corrected chi connectivity index (χ3v) is 13.0. The summed E-state index contributed by atoms with van der Waals surface area (Å²) in [7, 11) is 0. The van der Waals surface area contributed by atoms with Crippen molar-refractivity contribution < 1.29 is 19.0 Å². The molecule has 1 aliphatic carbocycles. The minimum absolute atomic E-state index is 0.144. The fraction of sp³-hybridized carbons (Fsp3) is 0.309. The van der Waals surface area contributed by atoms with E-state index in [1.807, 2.05) is 72.8 Å². The van der Waals surface area contributed by atoms with Gasteiger partial charge in [-0.05, 0) is 118 Å². The summed E-state index contributed by atoms with van der Waals surface area (Å²) in [6, 6.07) is 41.0. The maximum Gasteiger partial charge on any atom is 0.231 e. The molecule has 0 saturated heterocycles. The summed E-state index contributed by atoms with van der Waals surface area (Å²) >= 11 is 0. The van der Waals surface area contributed by atoms with Gasteiger partial charge in [-0.2, -0.15) is 0 Å². The number of aromatic nitrogens is 2. The Hall–Kier alpha value is -6.14. The number of nitrogens with zero attached hydrogens (tertiary/aromatic N) is 2. The second kappa shape index (κ2) is 17.8. The molecule has 0 fully saturated rings. The van der Waals surface area contributed by atoms with Crippen molar-refractivity contribution in [1.82, 2.24) is 9.97 Å². The van der Waals surface area contributed by atoms with Crippen molar-refractivity contribution in [3.63, 3.8) is 0 Å². The number of hydrogen-bond acceptors (Lipinski definition) is 6. The molecule has 0 spiro atoms. The third-order valence-electron chi connectivity index (χ3n) is 13.0. The summed E-state index contributed by atoms with van der Waals surface area (Å²) in [6.07, 6.45) is 17.1. The van der Waals surface area contributed by atoms with Gasteiger partial charge < -0.3 is 19.0 Å². The van der Waals surface area contributed by atoms with E-state index in [9.17, 15) is 10.2 Å². The number of para-hydroxylation sites is 4. The standard InChI is InChI=1S/C55H56N2O4/c1-3-5-7-9-11-17-31-55(32-18-12-10-8-6-4-2)45-35-39(37-25-29-49(58)43(33-37)53-56-47-19-13-15-21-51(47)60-53)23-27-41(45)42-28-24-40(36-46(42)55)38-26-30-50(59)44(34-38)54-57-48-20-14-16-22-52(48)61-54/h13-16,19-30,33-36,58-59H,3-12,17-18,31-32H2,1-2H3. The summed E-state index contributed by atoms with van der Waals surface area (Å²) < 4.78 is 12.3. The molecule has 6 aromatic carbocycles. The molecule has 0 atom stereocenters. The molecule has 1 aliphatic rings. The quantitative estimate of drug-likeness (QED) is 0.0839. The van der Waals surface area contributed by atoms with Crippen molar-refractivity contribution in [3.05, 3.63) is 132 Å². The molecule has 61 heavy (non-hydrogen) atoms. The Kier molecular flexibility index (Phi) is 11.8. The third kappa shape index (κ3) is 8.08. The number of phenols is 2. The lowest BCUT2D eigenvalue weighted by Crippen LogP contribution is -2.25. The predicted molar refractivity (Wildman–Crippen MR) is 249 cm³/mol. The lowest BCUT2D eigenvalue weighted by Gasteiger charge is -2.33. The zero-order chi connectivity index (χ0) is 41.8. The Morgan fingerprint density at radius 1 is 0.426 bits per heavy atom. The highest BCUT2D eigenvalue weighted by Gasteiger charge is 2.42. The highest BCUT2D eigenvalue weighted by Crippen LogP contribution is 2.56. The SMILES string of the molecule is CCCCCCCCC1(CCCCCCCC)c2cc(-c3ccc(O)c(-c4nc5ccccc5o4)c3)ccc2-c2ccc(-c3ccc(O)c(-c4nc5ccccc5o4)c3)cc21. The lowest BCUT2D eigenvalue weighted by molar-refractivity contribution is 0.398. The molecule has 2 heterocycles. The van der Waals surface area contributed by atoms with E-state index >= 15 is 0 Å². The fourth-order valence-corrected chi connectivity index (χ4v) is 9.68. The molecule has 2 aromatic heterocycles. The van der Waals surface area contributed by atoms with Gasteiger partial charge in [-0.1, -0.05) is 152 Å². The average molecular weight is 809 g/mol. The largest absolute Gasteiger partial charge is 0.507 e. The van der Waals surface area contributed by atoms with Gasteiger partial charge in [0.15, 0.2) is 11.2 Å². The highest BCUT2D eigenvalue weighted by atomic mass is 16.4. The van der Waals surface area contributed by atoms with Gasteiger partial charge in [-0.3, -0.25) is 0 Å². The molecular weight excluding hydrogens is 753 g/mol. The molecule has 6 nitrogen and oxygen atoms in total. The number of fused-ring (bicyclic) bond motifs is 5. The molecule has 6 heteroatoms. The number of rotatable bonds is 18. The normalized spacial score (nSPS) is 13.0. The van der Waals surface area contributed by atoms with Gasteiger partial charge in [-0.25, -0.2) is 9.97 Å². The smallest absolute Gasteiger partial charge is 0.231 e. The molecule has 310 valence electrons. The maximum absolute atomic E-state index is 11.1. The Bertz CT molecular complexity index is 2540.